The van der Waals surface area contributed by atoms with Gasteiger partial charge in [-0.1, -0.05) is 18.2 Å². The van der Waals surface area contributed by atoms with E-state index >= 15 is 0 Å². The van der Waals surface area contributed by atoms with Crippen LogP contribution in [0.4, 0.5) is 4.39 Å². The first-order valence-electron chi connectivity index (χ1n) is 7.22. The van der Waals surface area contributed by atoms with E-state index in [0.717, 1.165) is 31.7 Å². The molecular weight excluding hydrogens is 257 g/mol. The highest BCUT2D eigenvalue weighted by atomic mass is 19.1. The van der Waals surface area contributed by atoms with E-state index in [1.54, 1.807) is 13.2 Å². The Hall–Kier alpha value is -0.970. The van der Waals surface area contributed by atoms with E-state index in [4.69, 9.17) is 9.47 Å². The molecule has 0 aromatic heterocycles. The van der Waals surface area contributed by atoms with Crippen molar-refractivity contribution in [3.8, 4) is 0 Å². The smallest absolute Gasteiger partial charge is 0.126 e. The van der Waals surface area contributed by atoms with Gasteiger partial charge in [-0.2, -0.15) is 0 Å². The number of hydrogen-bond donors (Lipinski definition) is 1. The van der Waals surface area contributed by atoms with E-state index in [9.17, 15) is 4.39 Å². The van der Waals surface area contributed by atoms with Gasteiger partial charge in [0, 0.05) is 32.2 Å². The molecule has 112 valence electrons. The van der Waals surface area contributed by atoms with Crippen LogP contribution in [0, 0.1) is 11.2 Å². The first kappa shape index (κ1) is 15.4. The van der Waals surface area contributed by atoms with Crippen LogP contribution in [0.5, 0.6) is 0 Å². The molecular formula is C16H24FNO2. The molecule has 0 bridgehead atoms. The minimum Gasteiger partial charge on any atom is -0.383 e. The van der Waals surface area contributed by atoms with Crippen LogP contribution in [0.25, 0.3) is 0 Å². The Labute approximate surface area is 120 Å². The largest absolute Gasteiger partial charge is 0.383 e. The maximum atomic E-state index is 13.9. The quantitative estimate of drug-likeness (QED) is 0.779. The number of benzene rings is 1. The molecule has 1 N–H and O–H groups in total. The summed E-state index contributed by atoms with van der Waals surface area (Å²) in [7, 11) is 1.69. The fraction of sp³-hybridized carbons (Fsp3) is 0.625. The molecule has 0 aliphatic carbocycles. The van der Waals surface area contributed by atoms with Gasteiger partial charge in [0.2, 0.25) is 0 Å². The lowest BCUT2D eigenvalue weighted by Crippen LogP contribution is -2.42. The van der Waals surface area contributed by atoms with Crippen molar-refractivity contribution in [1.29, 1.82) is 0 Å². The predicted octanol–water partition coefficient (Wildman–Crippen LogP) is 2.40. The van der Waals surface area contributed by atoms with Crippen molar-refractivity contribution in [1.82, 2.24) is 5.32 Å². The van der Waals surface area contributed by atoms with Crippen LogP contribution in [0.1, 0.15) is 18.9 Å². The summed E-state index contributed by atoms with van der Waals surface area (Å²) in [6.45, 7) is 5.16. The second kappa shape index (κ2) is 7.16. The van der Waals surface area contributed by atoms with Gasteiger partial charge in [-0.3, -0.25) is 0 Å². The fourth-order valence-corrected chi connectivity index (χ4v) is 2.88. The van der Waals surface area contributed by atoms with Crippen molar-refractivity contribution >= 4 is 0 Å². The predicted molar refractivity (Wildman–Crippen MR) is 77.3 cm³/mol. The average molecular weight is 281 g/mol. The molecule has 4 heteroatoms. The second-order valence-electron chi connectivity index (χ2n) is 5.56. The Kier molecular flexibility index (Phi) is 5.52. The molecule has 0 saturated carbocycles. The van der Waals surface area contributed by atoms with E-state index < -0.39 is 0 Å². The molecule has 1 heterocycles. The van der Waals surface area contributed by atoms with Gasteiger partial charge in [-0.05, 0) is 31.4 Å². The molecule has 0 amide bonds. The molecule has 1 aromatic carbocycles. The fourth-order valence-electron chi connectivity index (χ4n) is 2.88. The Morgan fingerprint density at radius 1 is 1.45 bits per heavy atom. The average Bonchev–Trinajstić information content (AvgIpc) is 2.79. The highest BCUT2D eigenvalue weighted by Gasteiger charge is 2.41. The van der Waals surface area contributed by atoms with Gasteiger partial charge in [-0.25, -0.2) is 4.39 Å². The minimum absolute atomic E-state index is 0.0318. The van der Waals surface area contributed by atoms with E-state index in [0.29, 0.717) is 13.0 Å². The number of hydrogen-bond acceptors (Lipinski definition) is 3. The highest BCUT2D eigenvalue weighted by Crippen LogP contribution is 2.38. The lowest BCUT2D eigenvalue weighted by Gasteiger charge is -2.33. The van der Waals surface area contributed by atoms with Gasteiger partial charge in [0.25, 0.3) is 0 Å². The minimum atomic E-state index is -0.122. The normalized spacial score (nSPS) is 26.1. The number of methoxy groups -OCH3 is 1. The monoisotopic (exact) mass is 281 g/mol. The number of rotatable bonds is 7. The van der Waals surface area contributed by atoms with Crippen molar-refractivity contribution in [2.75, 3.05) is 33.4 Å². The Morgan fingerprint density at radius 2 is 2.25 bits per heavy atom. The zero-order valence-electron chi connectivity index (χ0n) is 12.3. The summed E-state index contributed by atoms with van der Waals surface area (Å²) in [5, 5.41) is 3.41. The third kappa shape index (κ3) is 3.57. The number of ether oxygens (including phenoxy) is 2. The molecule has 2 rings (SSSR count). The van der Waals surface area contributed by atoms with Gasteiger partial charge in [0.1, 0.15) is 5.82 Å². The lowest BCUT2D eigenvalue weighted by molar-refractivity contribution is 0.0615. The zero-order chi connectivity index (χ0) is 14.4. The molecule has 1 fully saturated rings. The van der Waals surface area contributed by atoms with Crippen LogP contribution in [0.3, 0.4) is 0 Å². The Balaban J connectivity index is 2.06. The van der Waals surface area contributed by atoms with Crippen LogP contribution in [0.15, 0.2) is 24.3 Å². The Morgan fingerprint density at radius 3 is 2.90 bits per heavy atom. The number of nitrogens with one attached hydrogen (secondary N) is 1. The Bertz CT molecular complexity index is 427. The molecule has 3 nitrogen and oxygen atoms in total. The highest BCUT2D eigenvalue weighted by molar-refractivity contribution is 5.20. The van der Waals surface area contributed by atoms with E-state index in [2.05, 4.69) is 12.2 Å². The third-order valence-corrected chi connectivity index (χ3v) is 4.29. The molecule has 2 unspecified atom stereocenters. The van der Waals surface area contributed by atoms with E-state index in [-0.39, 0.29) is 17.3 Å². The first-order chi connectivity index (χ1) is 9.68. The SMILES string of the molecule is COCCNCC1(Cc2ccccc2F)CCOC1C. The van der Waals surface area contributed by atoms with Crippen LogP contribution in [-0.4, -0.2) is 39.5 Å². The summed E-state index contributed by atoms with van der Waals surface area (Å²) in [6, 6.07) is 7.03. The van der Waals surface area contributed by atoms with Crippen molar-refractivity contribution in [2.24, 2.45) is 5.41 Å². The summed E-state index contributed by atoms with van der Waals surface area (Å²) in [5.74, 6) is -0.122. The summed E-state index contributed by atoms with van der Waals surface area (Å²) < 4.78 is 24.7. The van der Waals surface area contributed by atoms with Gasteiger partial charge < -0.3 is 14.8 Å². The molecule has 1 aliphatic rings. The van der Waals surface area contributed by atoms with Crippen molar-refractivity contribution < 1.29 is 13.9 Å². The molecule has 20 heavy (non-hydrogen) atoms. The topological polar surface area (TPSA) is 30.5 Å². The molecule has 1 saturated heterocycles. The molecule has 1 aliphatic heterocycles. The maximum absolute atomic E-state index is 13.9. The maximum Gasteiger partial charge on any atom is 0.126 e. The summed E-state index contributed by atoms with van der Waals surface area (Å²) in [5.41, 5.74) is 0.744. The van der Waals surface area contributed by atoms with Crippen LogP contribution in [0.2, 0.25) is 0 Å². The van der Waals surface area contributed by atoms with Gasteiger partial charge >= 0.3 is 0 Å². The van der Waals surface area contributed by atoms with E-state index in [1.807, 2.05) is 12.1 Å². The van der Waals surface area contributed by atoms with E-state index in [1.165, 1.54) is 6.07 Å². The van der Waals surface area contributed by atoms with Crippen LogP contribution < -0.4 is 5.32 Å². The van der Waals surface area contributed by atoms with Crippen molar-refractivity contribution in [3.63, 3.8) is 0 Å². The standard InChI is InChI=1S/C16H24FNO2/c1-13-16(7-9-20-13,12-18-8-10-19-2)11-14-5-3-4-6-15(14)17/h3-6,13,18H,7-12H2,1-2H3. The van der Waals surface area contributed by atoms with Gasteiger partial charge in [0.15, 0.2) is 0 Å². The molecule has 1 aromatic rings. The summed E-state index contributed by atoms with van der Waals surface area (Å²) >= 11 is 0. The van der Waals surface area contributed by atoms with Crippen LogP contribution >= 0.6 is 0 Å². The first-order valence-corrected chi connectivity index (χ1v) is 7.22. The van der Waals surface area contributed by atoms with Crippen molar-refractivity contribution in [3.05, 3.63) is 35.6 Å². The lowest BCUT2D eigenvalue weighted by atomic mass is 9.76. The summed E-state index contributed by atoms with van der Waals surface area (Å²) in [4.78, 5) is 0. The zero-order valence-corrected chi connectivity index (χ0v) is 12.3. The van der Waals surface area contributed by atoms with Gasteiger partial charge in [-0.15, -0.1) is 0 Å². The van der Waals surface area contributed by atoms with Gasteiger partial charge in [0.05, 0.1) is 12.7 Å². The van der Waals surface area contributed by atoms with Crippen LogP contribution in [-0.2, 0) is 15.9 Å². The number of halogens is 1. The third-order valence-electron chi connectivity index (χ3n) is 4.29. The second-order valence-corrected chi connectivity index (χ2v) is 5.56. The summed E-state index contributed by atoms with van der Waals surface area (Å²) in [6.07, 6.45) is 1.81. The molecule has 0 spiro atoms. The van der Waals surface area contributed by atoms with Crippen molar-refractivity contribution in [2.45, 2.75) is 25.9 Å². The molecule has 2 atom stereocenters. The molecule has 0 radical (unpaired) electrons.